The van der Waals surface area contributed by atoms with E-state index in [1.54, 1.807) is 12.3 Å². The van der Waals surface area contributed by atoms with Crippen LogP contribution in [0.3, 0.4) is 0 Å². The molecule has 1 aliphatic rings. The Labute approximate surface area is 87.7 Å². The lowest BCUT2D eigenvalue weighted by Crippen LogP contribution is -2.13. The predicted octanol–water partition coefficient (Wildman–Crippen LogP) is 1.54. The van der Waals surface area contributed by atoms with Gasteiger partial charge in [0.15, 0.2) is 0 Å². The highest BCUT2D eigenvalue weighted by Gasteiger charge is 2.09. The summed E-state index contributed by atoms with van der Waals surface area (Å²) in [6.45, 7) is 0.963. The van der Waals surface area contributed by atoms with Gasteiger partial charge in [0.05, 0.1) is 0 Å². The van der Waals surface area contributed by atoms with Gasteiger partial charge in [0.2, 0.25) is 0 Å². The molecule has 2 N–H and O–H groups in total. The van der Waals surface area contributed by atoms with Crippen LogP contribution >= 0.6 is 0 Å². The number of pyridine rings is 1. The molecule has 0 bridgehead atoms. The van der Waals surface area contributed by atoms with Gasteiger partial charge in [0.1, 0.15) is 5.82 Å². The molecule has 0 unspecified atom stereocenters. The molecule has 2 rings (SSSR count). The number of hydrogen-bond donors (Lipinski definition) is 2. The summed E-state index contributed by atoms with van der Waals surface area (Å²) in [6, 6.07) is 1.98. The fourth-order valence-corrected chi connectivity index (χ4v) is 1.62. The molecule has 0 spiro atoms. The van der Waals surface area contributed by atoms with Crippen LogP contribution in [0.25, 0.3) is 6.08 Å². The summed E-state index contributed by atoms with van der Waals surface area (Å²) in [5.74, 6) is -0.0143. The predicted molar refractivity (Wildman–Crippen MR) is 57.7 cm³/mol. The Kier molecular flexibility index (Phi) is 2.67. The zero-order valence-electron chi connectivity index (χ0n) is 8.23. The SMILES string of the molecule is O=C(O)/C=C/c1cnc2c(c1)CCCN2. The standard InChI is InChI=1S/C11H12N2O2/c14-10(15)4-3-8-6-9-2-1-5-12-11(9)13-7-8/h3-4,6-7H,1-2,5H2,(H,12,13)(H,14,15)/b4-3+. The Morgan fingerprint density at radius 3 is 3.27 bits per heavy atom. The molecule has 0 atom stereocenters. The smallest absolute Gasteiger partial charge is 0.328 e. The quantitative estimate of drug-likeness (QED) is 0.717. The van der Waals surface area contributed by atoms with E-state index in [9.17, 15) is 4.79 Å². The molecule has 2 heterocycles. The van der Waals surface area contributed by atoms with Crippen molar-refractivity contribution in [1.82, 2.24) is 4.98 Å². The molecular formula is C11H12N2O2. The van der Waals surface area contributed by atoms with Gasteiger partial charge in [-0.1, -0.05) is 0 Å². The fraction of sp³-hybridized carbons (Fsp3) is 0.273. The molecule has 15 heavy (non-hydrogen) atoms. The van der Waals surface area contributed by atoms with Crippen molar-refractivity contribution in [3.63, 3.8) is 0 Å². The van der Waals surface area contributed by atoms with Crippen molar-refractivity contribution in [3.05, 3.63) is 29.5 Å². The van der Waals surface area contributed by atoms with Crippen molar-refractivity contribution in [3.8, 4) is 0 Å². The molecule has 0 saturated carbocycles. The second-order valence-corrected chi connectivity index (χ2v) is 3.48. The van der Waals surface area contributed by atoms with E-state index in [0.717, 1.165) is 42.4 Å². The molecule has 1 aromatic heterocycles. The van der Waals surface area contributed by atoms with E-state index >= 15 is 0 Å². The highest BCUT2D eigenvalue weighted by atomic mass is 16.4. The maximum absolute atomic E-state index is 10.3. The van der Waals surface area contributed by atoms with Gasteiger partial charge in [0.25, 0.3) is 0 Å². The van der Waals surface area contributed by atoms with Gasteiger partial charge in [0, 0.05) is 18.8 Å². The van der Waals surface area contributed by atoms with Crippen LogP contribution in [-0.4, -0.2) is 22.6 Å². The van der Waals surface area contributed by atoms with Gasteiger partial charge in [-0.2, -0.15) is 0 Å². The molecule has 1 aromatic rings. The number of nitrogens with one attached hydrogen (secondary N) is 1. The first-order chi connectivity index (χ1) is 7.25. The lowest BCUT2D eigenvalue weighted by Gasteiger charge is -2.16. The Morgan fingerprint density at radius 2 is 2.47 bits per heavy atom. The van der Waals surface area contributed by atoms with Gasteiger partial charge < -0.3 is 10.4 Å². The van der Waals surface area contributed by atoms with E-state index in [-0.39, 0.29) is 0 Å². The van der Waals surface area contributed by atoms with Crippen molar-refractivity contribution in [2.24, 2.45) is 0 Å². The molecule has 78 valence electrons. The lowest BCUT2D eigenvalue weighted by molar-refractivity contribution is -0.131. The van der Waals surface area contributed by atoms with Crippen molar-refractivity contribution < 1.29 is 9.90 Å². The number of aromatic nitrogens is 1. The molecular weight excluding hydrogens is 192 g/mol. The Balaban J connectivity index is 2.24. The summed E-state index contributed by atoms with van der Waals surface area (Å²) in [7, 11) is 0. The third kappa shape index (κ3) is 2.34. The van der Waals surface area contributed by atoms with Gasteiger partial charge in [-0.05, 0) is 36.1 Å². The summed E-state index contributed by atoms with van der Waals surface area (Å²) in [5.41, 5.74) is 1.99. The second-order valence-electron chi connectivity index (χ2n) is 3.48. The first kappa shape index (κ1) is 9.71. The van der Waals surface area contributed by atoms with Crippen LogP contribution in [-0.2, 0) is 11.2 Å². The van der Waals surface area contributed by atoms with E-state index in [0.29, 0.717) is 0 Å². The van der Waals surface area contributed by atoms with Crippen LogP contribution in [0.15, 0.2) is 18.3 Å². The Hall–Kier alpha value is -1.84. The van der Waals surface area contributed by atoms with E-state index in [1.165, 1.54) is 0 Å². The Morgan fingerprint density at radius 1 is 1.60 bits per heavy atom. The lowest BCUT2D eigenvalue weighted by atomic mass is 10.1. The summed E-state index contributed by atoms with van der Waals surface area (Å²) >= 11 is 0. The van der Waals surface area contributed by atoms with Crippen LogP contribution in [0.4, 0.5) is 5.82 Å². The average Bonchev–Trinajstić information content (AvgIpc) is 2.26. The molecule has 4 nitrogen and oxygen atoms in total. The van der Waals surface area contributed by atoms with Crippen LogP contribution in [0.2, 0.25) is 0 Å². The minimum absolute atomic E-state index is 0.833. The average molecular weight is 204 g/mol. The maximum Gasteiger partial charge on any atom is 0.328 e. The number of rotatable bonds is 2. The highest BCUT2D eigenvalue weighted by molar-refractivity contribution is 5.85. The summed E-state index contributed by atoms with van der Waals surface area (Å²) < 4.78 is 0. The van der Waals surface area contributed by atoms with Crippen LogP contribution in [0.5, 0.6) is 0 Å². The van der Waals surface area contributed by atoms with E-state index in [1.807, 2.05) is 6.07 Å². The first-order valence-electron chi connectivity index (χ1n) is 4.89. The van der Waals surface area contributed by atoms with Crippen LogP contribution in [0.1, 0.15) is 17.5 Å². The van der Waals surface area contributed by atoms with Crippen molar-refractivity contribution in [2.75, 3.05) is 11.9 Å². The number of aryl methyl sites for hydroxylation is 1. The third-order valence-electron chi connectivity index (χ3n) is 2.32. The third-order valence-corrected chi connectivity index (χ3v) is 2.32. The number of nitrogens with zero attached hydrogens (tertiary/aromatic N) is 1. The number of fused-ring (bicyclic) bond motifs is 1. The van der Waals surface area contributed by atoms with E-state index in [2.05, 4.69) is 10.3 Å². The molecule has 0 aliphatic carbocycles. The highest BCUT2D eigenvalue weighted by Crippen LogP contribution is 2.20. The van der Waals surface area contributed by atoms with Gasteiger partial charge in [-0.3, -0.25) is 0 Å². The minimum atomic E-state index is -0.939. The van der Waals surface area contributed by atoms with Crippen LogP contribution in [0, 0.1) is 0 Å². The normalized spacial score (nSPS) is 14.7. The molecule has 0 saturated heterocycles. The topological polar surface area (TPSA) is 62.2 Å². The summed E-state index contributed by atoms with van der Waals surface area (Å²) in [4.78, 5) is 14.6. The molecule has 0 radical (unpaired) electrons. The Bertz CT molecular complexity index is 413. The number of carbonyl (C=O) groups is 1. The monoisotopic (exact) mass is 204 g/mol. The molecule has 0 amide bonds. The molecule has 1 aliphatic heterocycles. The summed E-state index contributed by atoms with van der Waals surface area (Å²) in [6.07, 6.45) is 6.46. The fourth-order valence-electron chi connectivity index (χ4n) is 1.62. The number of carboxylic acid groups (broad SMARTS) is 1. The van der Waals surface area contributed by atoms with E-state index < -0.39 is 5.97 Å². The summed E-state index contributed by atoms with van der Waals surface area (Å²) in [5, 5.41) is 11.7. The largest absolute Gasteiger partial charge is 0.478 e. The van der Waals surface area contributed by atoms with Crippen molar-refractivity contribution >= 4 is 17.9 Å². The van der Waals surface area contributed by atoms with Crippen molar-refractivity contribution in [2.45, 2.75) is 12.8 Å². The van der Waals surface area contributed by atoms with Gasteiger partial charge in [-0.25, -0.2) is 9.78 Å². The first-order valence-corrected chi connectivity index (χ1v) is 4.89. The van der Waals surface area contributed by atoms with Gasteiger partial charge >= 0.3 is 5.97 Å². The zero-order chi connectivity index (χ0) is 10.7. The number of hydrogen-bond acceptors (Lipinski definition) is 3. The zero-order valence-corrected chi connectivity index (χ0v) is 8.23. The van der Waals surface area contributed by atoms with Gasteiger partial charge in [-0.15, -0.1) is 0 Å². The van der Waals surface area contributed by atoms with E-state index in [4.69, 9.17) is 5.11 Å². The maximum atomic E-state index is 10.3. The number of carboxylic acids is 1. The molecule has 0 aromatic carbocycles. The molecule has 4 heteroatoms. The number of anilines is 1. The van der Waals surface area contributed by atoms with Crippen LogP contribution < -0.4 is 5.32 Å². The minimum Gasteiger partial charge on any atom is -0.478 e. The molecule has 0 fully saturated rings. The van der Waals surface area contributed by atoms with Crippen molar-refractivity contribution in [1.29, 1.82) is 0 Å². The second kappa shape index (κ2) is 4.13. The number of aliphatic carboxylic acids is 1.